The summed E-state index contributed by atoms with van der Waals surface area (Å²) in [5, 5.41) is 20.0. The molecule has 0 bridgehead atoms. The molecule has 1 atom stereocenters. The monoisotopic (exact) mass is 349 g/mol. The fourth-order valence-corrected chi connectivity index (χ4v) is 1.72. The summed E-state index contributed by atoms with van der Waals surface area (Å²) in [5.74, 6) is -1.56. The zero-order chi connectivity index (χ0) is 12.8. The van der Waals surface area contributed by atoms with Gasteiger partial charge in [-0.3, -0.25) is 4.79 Å². The molecule has 1 amide bonds. The summed E-state index contributed by atoms with van der Waals surface area (Å²) < 4.78 is 0.945. The zero-order valence-corrected chi connectivity index (χ0v) is 11.0. The van der Waals surface area contributed by atoms with Crippen LogP contribution < -0.4 is 5.32 Å². The van der Waals surface area contributed by atoms with Crippen molar-refractivity contribution >= 4 is 34.5 Å². The van der Waals surface area contributed by atoms with E-state index in [9.17, 15) is 9.59 Å². The number of halogens is 1. The molecule has 1 aromatic rings. The Bertz CT molecular complexity index is 422. The fraction of sp³-hybridized carbons (Fsp3) is 0.273. The van der Waals surface area contributed by atoms with E-state index < -0.39 is 12.1 Å². The molecule has 92 valence electrons. The molecule has 0 heterocycles. The topological polar surface area (TPSA) is 86.6 Å². The van der Waals surface area contributed by atoms with Crippen molar-refractivity contribution in [1.82, 2.24) is 5.32 Å². The van der Waals surface area contributed by atoms with E-state index in [1.54, 1.807) is 18.2 Å². The van der Waals surface area contributed by atoms with Crippen LogP contribution in [0.25, 0.3) is 0 Å². The van der Waals surface area contributed by atoms with Crippen LogP contribution in [0.5, 0.6) is 0 Å². The average Bonchev–Trinajstić information content (AvgIpc) is 2.28. The highest BCUT2D eigenvalue weighted by atomic mass is 127. The second-order valence-corrected chi connectivity index (χ2v) is 4.65. The van der Waals surface area contributed by atoms with Crippen LogP contribution in [0.1, 0.15) is 16.8 Å². The van der Waals surface area contributed by atoms with Gasteiger partial charge in [0.2, 0.25) is 0 Å². The summed E-state index contributed by atoms with van der Waals surface area (Å²) in [6.45, 7) is 0.123. The van der Waals surface area contributed by atoms with Gasteiger partial charge in [-0.2, -0.15) is 0 Å². The first-order valence-corrected chi connectivity index (χ1v) is 6.03. The quantitative estimate of drug-likeness (QED) is 0.688. The minimum atomic E-state index is -1.44. The fourth-order valence-electron chi connectivity index (χ4n) is 1.18. The molecule has 17 heavy (non-hydrogen) atoms. The lowest BCUT2D eigenvalue weighted by molar-refractivity contribution is -0.146. The van der Waals surface area contributed by atoms with E-state index in [1.165, 1.54) is 0 Å². The third-order valence-electron chi connectivity index (χ3n) is 2.08. The number of aliphatic hydroxyl groups is 1. The van der Waals surface area contributed by atoms with Crippen molar-refractivity contribution in [3.05, 3.63) is 33.4 Å². The van der Waals surface area contributed by atoms with Gasteiger partial charge < -0.3 is 15.5 Å². The van der Waals surface area contributed by atoms with Gasteiger partial charge in [0.25, 0.3) is 5.91 Å². The molecule has 0 saturated carbocycles. The Labute approximate surface area is 112 Å². The molecule has 0 aromatic heterocycles. The number of hydrogen-bond donors (Lipinski definition) is 3. The molecule has 0 aliphatic rings. The molecule has 0 unspecified atom stereocenters. The Morgan fingerprint density at radius 3 is 2.71 bits per heavy atom. The largest absolute Gasteiger partial charge is 0.479 e. The smallest absolute Gasteiger partial charge is 0.332 e. The highest BCUT2D eigenvalue weighted by molar-refractivity contribution is 14.1. The van der Waals surface area contributed by atoms with Gasteiger partial charge in [-0.25, -0.2) is 4.79 Å². The number of aliphatic hydroxyl groups excluding tert-OH is 1. The number of carbonyl (C=O) groups is 2. The maximum Gasteiger partial charge on any atom is 0.332 e. The van der Waals surface area contributed by atoms with Gasteiger partial charge in [-0.05, 0) is 40.8 Å². The summed E-state index contributed by atoms with van der Waals surface area (Å²) in [5.41, 5.74) is 0.515. The molecule has 1 aromatic carbocycles. The molecule has 0 aliphatic heterocycles. The number of carboxylic acids is 1. The SMILES string of the molecule is O=C(NCC[C@H](O)C(=O)O)c1cccc(I)c1. The molecule has 5 nitrogen and oxygen atoms in total. The standard InChI is InChI=1S/C11H12INO4/c12-8-3-1-2-7(6-8)10(15)13-5-4-9(14)11(16)17/h1-3,6,9,14H,4-5H2,(H,13,15)(H,16,17)/t9-/m0/s1. The van der Waals surface area contributed by atoms with Crippen LogP contribution in [0.4, 0.5) is 0 Å². The summed E-state index contributed by atoms with van der Waals surface area (Å²) in [6, 6.07) is 7.03. The Balaban J connectivity index is 2.43. The van der Waals surface area contributed by atoms with Crippen LogP contribution in [0, 0.1) is 3.57 Å². The van der Waals surface area contributed by atoms with Gasteiger partial charge in [0.15, 0.2) is 6.10 Å². The Kier molecular flexibility index (Phi) is 5.36. The second-order valence-electron chi connectivity index (χ2n) is 3.41. The van der Waals surface area contributed by atoms with Crippen LogP contribution in [-0.2, 0) is 4.79 Å². The maximum atomic E-state index is 11.6. The summed E-state index contributed by atoms with van der Waals surface area (Å²) >= 11 is 2.10. The molecule has 0 aliphatic carbocycles. The van der Waals surface area contributed by atoms with Crippen LogP contribution in [-0.4, -0.2) is 34.7 Å². The number of rotatable bonds is 5. The first-order chi connectivity index (χ1) is 8.00. The number of benzene rings is 1. The molecule has 0 radical (unpaired) electrons. The molecule has 1 rings (SSSR count). The normalized spacial score (nSPS) is 11.9. The second kappa shape index (κ2) is 6.55. The predicted molar refractivity (Wildman–Crippen MR) is 69.8 cm³/mol. The minimum Gasteiger partial charge on any atom is -0.479 e. The third-order valence-corrected chi connectivity index (χ3v) is 2.75. The van der Waals surface area contributed by atoms with Crippen molar-refractivity contribution in [1.29, 1.82) is 0 Å². The van der Waals surface area contributed by atoms with Crippen LogP contribution in [0.15, 0.2) is 24.3 Å². The van der Waals surface area contributed by atoms with Gasteiger partial charge >= 0.3 is 5.97 Å². The lowest BCUT2D eigenvalue weighted by atomic mass is 10.2. The van der Waals surface area contributed by atoms with Crippen molar-refractivity contribution in [3.8, 4) is 0 Å². The molecular formula is C11H12INO4. The van der Waals surface area contributed by atoms with E-state index >= 15 is 0 Å². The summed E-state index contributed by atoms with van der Waals surface area (Å²) in [7, 11) is 0. The molecule has 3 N–H and O–H groups in total. The van der Waals surface area contributed by atoms with E-state index in [2.05, 4.69) is 27.9 Å². The number of carboxylic acid groups (broad SMARTS) is 1. The number of aliphatic carboxylic acids is 1. The Hall–Kier alpha value is -1.15. The Morgan fingerprint density at radius 2 is 2.12 bits per heavy atom. The van der Waals surface area contributed by atoms with Crippen molar-refractivity contribution in [3.63, 3.8) is 0 Å². The average molecular weight is 349 g/mol. The van der Waals surface area contributed by atoms with Gasteiger partial charge in [0, 0.05) is 22.1 Å². The first kappa shape index (κ1) is 13.9. The van der Waals surface area contributed by atoms with E-state index in [4.69, 9.17) is 10.2 Å². The number of amides is 1. The maximum absolute atomic E-state index is 11.6. The molecule has 0 saturated heterocycles. The number of carbonyl (C=O) groups excluding carboxylic acids is 1. The van der Waals surface area contributed by atoms with Crippen LogP contribution in [0.3, 0.4) is 0 Å². The molecular weight excluding hydrogens is 337 g/mol. The van der Waals surface area contributed by atoms with Gasteiger partial charge in [0.1, 0.15) is 0 Å². The number of nitrogens with one attached hydrogen (secondary N) is 1. The van der Waals surface area contributed by atoms with Crippen molar-refractivity contribution in [2.45, 2.75) is 12.5 Å². The predicted octanol–water partition coefficient (Wildman–Crippen LogP) is 0.857. The molecule has 0 fully saturated rings. The van der Waals surface area contributed by atoms with E-state index in [0.717, 1.165) is 3.57 Å². The van der Waals surface area contributed by atoms with Crippen molar-refractivity contribution < 1.29 is 19.8 Å². The lowest BCUT2D eigenvalue weighted by Gasteiger charge is -2.07. The van der Waals surface area contributed by atoms with Gasteiger partial charge in [-0.15, -0.1) is 0 Å². The van der Waals surface area contributed by atoms with Crippen LogP contribution in [0.2, 0.25) is 0 Å². The molecule has 6 heteroatoms. The van der Waals surface area contributed by atoms with E-state index in [-0.39, 0.29) is 18.9 Å². The lowest BCUT2D eigenvalue weighted by Crippen LogP contribution is -2.30. The van der Waals surface area contributed by atoms with E-state index in [1.807, 2.05) is 6.07 Å². The first-order valence-electron chi connectivity index (χ1n) is 4.95. The highest BCUT2D eigenvalue weighted by Crippen LogP contribution is 2.07. The molecule has 0 spiro atoms. The number of hydrogen-bond acceptors (Lipinski definition) is 3. The minimum absolute atomic E-state index is 0.00893. The van der Waals surface area contributed by atoms with E-state index in [0.29, 0.717) is 5.56 Å². The summed E-state index contributed by atoms with van der Waals surface area (Å²) in [6.07, 6.45) is -1.45. The van der Waals surface area contributed by atoms with Crippen molar-refractivity contribution in [2.75, 3.05) is 6.54 Å². The van der Waals surface area contributed by atoms with Gasteiger partial charge in [0.05, 0.1) is 0 Å². The zero-order valence-electron chi connectivity index (χ0n) is 8.89. The summed E-state index contributed by atoms with van der Waals surface area (Å²) in [4.78, 5) is 21.9. The highest BCUT2D eigenvalue weighted by Gasteiger charge is 2.13. The van der Waals surface area contributed by atoms with Gasteiger partial charge in [-0.1, -0.05) is 6.07 Å². The Morgan fingerprint density at radius 1 is 1.41 bits per heavy atom. The third kappa shape index (κ3) is 4.70. The van der Waals surface area contributed by atoms with Crippen LogP contribution >= 0.6 is 22.6 Å². The van der Waals surface area contributed by atoms with Crippen molar-refractivity contribution in [2.24, 2.45) is 0 Å².